The van der Waals surface area contributed by atoms with E-state index in [1.165, 1.54) is 0 Å². The molecule has 1 amide bonds. The minimum atomic E-state index is -0.0410. The fourth-order valence-corrected chi connectivity index (χ4v) is 2.66. The lowest BCUT2D eigenvalue weighted by Gasteiger charge is -2.50. The summed E-state index contributed by atoms with van der Waals surface area (Å²) in [6, 6.07) is 9.71. The second kappa shape index (κ2) is 4.56. The van der Waals surface area contributed by atoms with Crippen LogP contribution in [0.5, 0.6) is 0 Å². The lowest BCUT2D eigenvalue weighted by molar-refractivity contribution is 0.0587. The number of nitrogens with two attached hydrogens (primary N) is 1. The minimum absolute atomic E-state index is 0.0337. The van der Waals surface area contributed by atoms with Crippen molar-refractivity contribution in [2.45, 2.75) is 32.4 Å². The number of fused-ring (bicyclic) bond motifs is 1. The van der Waals surface area contributed by atoms with Crippen LogP contribution in [0.2, 0.25) is 0 Å². The van der Waals surface area contributed by atoms with Gasteiger partial charge in [0.1, 0.15) is 0 Å². The van der Waals surface area contributed by atoms with Crippen molar-refractivity contribution < 1.29 is 4.79 Å². The summed E-state index contributed by atoms with van der Waals surface area (Å²) in [6.07, 6.45) is 2.59. The quantitative estimate of drug-likeness (QED) is 0.877. The van der Waals surface area contributed by atoms with Crippen molar-refractivity contribution in [2.24, 2.45) is 11.1 Å². The molecular formula is C16H19N3O. The maximum absolute atomic E-state index is 12.3. The first kappa shape index (κ1) is 13.1. The normalized spacial score (nSPS) is 24.1. The summed E-state index contributed by atoms with van der Waals surface area (Å²) in [6.45, 7) is 4.19. The van der Waals surface area contributed by atoms with Crippen LogP contribution in [0.4, 0.5) is 0 Å². The van der Waals surface area contributed by atoms with Gasteiger partial charge in [-0.1, -0.05) is 19.9 Å². The van der Waals surface area contributed by atoms with Crippen molar-refractivity contribution in [2.75, 3.05) is 0 Å². The van der Waals surface area contributed by atoms with Gasteiger partial charge in [-0.15, -0.1) is 0 Å². The van der Waals surface area contributed by atoms with E-state index in [9.17, 15) is 4.79 Å². The van der Waals surface area contributed by atoms with E-state index < -0.39 is 0 Å². The monoisotopic (exact) mass is 269 g/mol. The van der Waals surface area contributed by atoms with Crippen LogP contribution in [0.15, 0.2) is 36.5 Å². The summed E-state index contributed by atoms with van der Waals surface area (Å²) in [5.41, 5.74) is 7.51. The zero-order valence-corrected chi connectivity index (χ0v) is 11.8. The van der Waals surface area contributed by atoms with Gasteiger partial charge < -0.3 is 11.1 Å². The summed E-state index contributed by atoms with van der Waals surface area (Å²) in [4.78, 5) is 16.6. The van der Waals surface area contributed by atoms with Gasteiger partial charge in [0.05, 0.1) is 5.52 Å². The Labute approximate surface area is 118 Å². The summed E-state index contributed by atoms with van der Waals surface area (Å²) in [7, 11) is 0. The number of amides is 1. The molecule has 2 atom stereocenters. The zero-order valence-electron chi connectivity index (χ0n) is 11.8. The second-order valence-electron chi connectivity index (χ2n) is 6.10. The van der Waals surface area contributed by atoms with Crippen LogP contribution in [0, 0.1) is 5.41 Å². The molecule has 3 N–H and O–H groups in total. The van der Waals surface area contributed by atoms with Gasteiger partial charge in [-0.3, -0.25) is 9.78 Å². The second-order valence-corrected chi connectivity index (χ2v) is 6.10. The first-order valence-corrected chi connectivity index (χ1v) is 6.90. The van der Waals surface area contributed by atoms with Crippen LogP contribution in [0.25, 0.3) is 10.9 Å². The molecule has 20 heavy (non-hydrogen) atoms. The fourth-order valence-electron chi connectivity index (χ4n) is 2.66. The summed E-state index contributed by atoms with van der Waals surface area (Å²) in [5, 5.41) is 4.06. The Morgan fingerprint density at radius 3 is 2.90 bits per heavy atom. The predicted molar refractivity (Wildman–Crippen MR) is 79.4 cm³/mol. The Morgan fingerprint density at radius 1 is 1.40 bits per heavy atom. The molecule has 1 aromatic carbocycles. The Morgan fingerprint density at radius 2 is 2.20 bits per heavy atom. The van der Waals surface area contributed by atoms with E-state index in [4.69, 9.17) is 5.73 Å². The Balaban J connectivity index is 1.79. The van der Waals surface area contributed by atoms with Gasteiger partial charge in [0.25, 0.3) is 5.91 Å². The summed E-state index contributed by atoms with van der Waals surface area (Å²) < 4.78 is 0. The standard InChI is InChI=1S/C16H19N3O/c1-16(2)13(17)9-14(16)19-15(20)11-5-6-12-10(8-11)4-3-7-18-12/h3-8,13-14H,9,17H2,1-2H3,(H,19,20). The summed E-state index contributed by atoms with van der Waals surface area (Å²) >= 11 is 0. The molecule has 2 aromatic rings. The van der Waals surface area contributed by atoms with Crippen molar-refractivity contribution >= 4 is 16.8 Å². The third-order valence-electron chi connectivity index (χ3n) is 4.51. The Kier molecular flexibility index (Phi) is 2.98. The largest absolute Gasteiger partial charge is 0.349 e. The minimum Gasteiger partial charge on any atom is -0.349 e. The maximum atomic E-state index is 12.3. The molecule has 1 saturated carbocycles. The first-order valence-electron chi connectivity index (χ1n) is 6.90. The highest BCUT2D eigenvalue weighted by Gasteiger charge is 2.46. The first-order chi connectivity index (χ1) is 9.48. The lowest BCUT2D eigenvalue weighted by Crippen LogP contribution is -2.64. The van der Waals surface area contributed by atoms with E-state index in [1.54, 1.807) is 6.20 Å². The third kappa shape index (κ3) is 2.06. The van der Waals surface area contributed by atoms with E-state index in [-0.39, 0.29) is 23.4 Å². The van der Waals surface area contributed by atoms with Crippen LogP contribution in [0.1, 0.15) is 30.6 Å². The number of hydrogen-bond donors (Lipinski definition) is 2. The number of nitrogens with one attached hydrogen (secondary N) is 1. The highest BCUT2D eigenvalue weighted by Crippen LogP contribution is 2.39. The van der Waals surface area contributed by atoms with Gasteiger partial charge in [0.15, 0.2) is 0 Å². The molecule has 0 spiro atoms. The molecule has 4 heteroatoms. The molecule has 1 aliphatic carbocycles. The van der Waals surface area contributed by atoms with Gasteiger partial charge >= 0.3 is 0 Å². The van der Waals surface area contributed by atoms with Crippen molar-refractivity contribution in [3.8, 4) is 0 Å². The molecular weight excluding hydrogens is 250 g/mol. The molecule has 3 rings (SSSR count). The van der Waals surface area contributed by atoms with Crippen molar-refractivity contribution in [3.63, 3.8) is 0 Å². The number of pyridine rings is 1. The lowest BCUT2D eigenvalue weighted by atomic mass is 9.63. The Bertz CT molecular complexity index is 666. The predicted octanol–water partition coefficient (Wildman–Crippen LogP) is 2.09. The third-order valence-corrected chi connectivity index (χ3v) is 4.51. The number of carbonyl (C=O) groups is 1. The number of hydrogen-bond acceptors (Lipinski definition) is 3. The molecule has 0 saturated heterocycles. The SMILES string of the molecule is CC1(C)C(N)CC1NC(=O)c1ccc2ncccc2c1. The van der Waals surface area contributed by atoms with Crippen molar-refractivity contribution in [3.05, 3.63) is 42.1 Å². The molecule has 104 valence electrons. The molecule has 0 bridgehead atoms. The van der Waals surface area contributed by atoms with Gasteiger partial charge in [0, 0.05) is 34.6 Å². The summed E-state index contributed by atoms with van der Waals surface area (Å²) in [5.74, 6) is -0.0410. The molecule has 1 heterocycles. The molecule has 2 unspecified atom stereocenters. The molecule has 4 nitrogen and oxygen atoms in total. The number of nitrogens with zero attached hydrogens (tertiary/aromatic N) is 1. The smallest absolute Gasteiger partial charge is 0.251 e. The highest BCUT2D eigenvalue weighted by molar-refractivity contribution is 5.98. The number of aromatic nitrogens is 1. The molecule has 0 radical (unpaired) electrons. The average molecular weight is 269 g/mol. The van der Waals surface area contributed by atoms with Gasteiger partial charge in [-0.05, 0) is 30.7 Å². The van der Waals surface area contributed by atoms with Gasteiger partial charge in [0.2, 0.25) is 0 Å². The van der Waals surface area contributed by atoms with Gasteiger partial charge in [-0.2, -0.15) is 0 Å². The number of rotatable bonds is 2. The van der Waals surface area contributed by atoms with Gasteiger partial charge in [-0.25, -0.2) is 0 Å². The van der Waals surface area contributed by atoms with E-state index in [0.29, 0.717) is 5.56 Å². The highest BCUT2D eigenvalue weighted by atomic mass is 16.1. The average Bonchev–Trinajstić information content (AvgIpc) is 2.46. The fraction of sp³-hybridized carbons (Fsp3) is 0.375. The van der Waals surface area contributed by atoms with Crippen LogP contribution in [-0.4, -0.2) is 23.0 Å². The topological polar surface area (TPSA) is 68.0 Å². The van der Waals surface area contributed by atoms with E-state index >= 15 is 0 Å². The van der Waals surface area contributed by atoms with E-state index in [1.807, 2.05) is 30.3 Å². The number of carbonyl (C=O) groups excluding carboxylic acids is 1. The van der Waals surface area contributed by atoms with Crippen molar-refractivity contribution in [1.82, 2.24) is 10.3 Å². The van der Waals surface area contributed by atoms with E-state index in [0.717, 1.165) is 17.3 Å². The van der Waals surface area contributed by atoms with Crippen LogP contribution < -0.4 is 11.1 Å². The van der Waals surface area contributed by atoms with Crippen molar-refractivity contribution in [1.29, 1.82) is 0 Å². The molecule has 1 aliphatic rings. The van der Waals surface area contributed by atoms with Crippen LogP contribution >= 0.6 is 0 Å². The molecule has 1 aromatic heterocycles. The zero-order chi connectivity index (χ0) is 14.3. The van der Waals surface area contributed by atoms with Crippen LogP contribution in [-0.2, 0) is 0 Å². The van der Waals surface area contributed by atoms with E-state index in [2.05, 4.69) is 24.1 Å². The Hall–Kier alpha value is -1.94. The molecule has 1 fully saturated rings. The maximum Gasteiger partial charge on any atom is 0.251 e. The number of benzene rings is 1. The molecule has 0 aliphatic heterocycles. The van der Waals surface area contributed by atoms with Crippen LogP contribution in [0.3, 0.4) is 0 Å².